The third-order valence-corrected chi connectivity index (χ3v) is 6.90. The van der Waals surface area contributed by atoms with Gasteiger partial charge in [-0.25, -0.2) is 9.50 Å². The van der Waals surface area contributed by atoms with E-state index in [4.69, 9.17) is 0 Å². The summed E-state index contributed by atoms with van der Waals surface area (Å²) in [5, 5.41) is 4.53. The molecule has 0 bridgehead atoms. The van der Waals surface area contributed by atoms with Crippen molar-refractivity contribution in [3.63, 3.8) is 0 Å². The van der Waals surface area contributed by atoms with Crippen LogP contribution in [0.1, 0.15) is 27.5 Å². The molecule has 6 nitrogen and oxygen atoms in total. The van der Waals surface area contributed by atoms with Crippen LogP contribution in [0.4, 0.5) is 0 Å². The van der Waals surface area contributed by atoms with Crippen LogP contribution < -0.4 is 0 Å². The molecule has 0 aliphatic carbocycles. The SMILES string of the molecule is O=C(c1cnn2c(-c3ccccc3)ccnc12)N1CCN(C(c2ccccc2)c2ccccc2)CC1. The zero-order chi connectivity index (χ0) is 24.3. The predicted octanol–water partition coefficient (Wildman–Crippen LogP) is 4.94. The number of piperazine rings is 1. The number of hydrogen-bond donors (Lipinski definition) is 0. The number of carbonyl (C=O) groups excluding carboxylic acids is 1. The number of fused-ring (bicyclic) bond motifs is 1. The van der Waals surface area contributed by atoms with Gasteiger partial charge in [0.1, 0.15) is 5.56 Å². The number of amides is 1. The van der Waals surface area contributed by atoms with E-state index in [-0.39, 0.29) is 11.9 Å². The molecule has 0 atom stereocenters. The van der Waals surface area contributed by atoms with E-state index in [1.54, 1.807) is 16.9 Å². The molecule has 1 aliphatic heterocycles. The molecular formula is C30H27N5O. The molecule has 1 saturated heterocycles. The maximum absolute atomic E-state index is 13.6. The Morgan fingerprint density at radius 1 is 0.722 bits per heavy atom. The highest BCUT2D eigenvalue weighted by atomic mass is 16.2. The van der Waals surface area contributed by atoms with Gasteiger partial charge in [0.05, 0.1) is 17.9 Å². The maximum Gasteiger partial charge on any atom is 0.259 e. The van der Waals surface area contributed by atoms with Gasteiger partial charge in [-0.2, -0.15) is 5.10 Å². The Hall–Kier alpha value is -4.29. The summed E-state index contributed by atoms with van der Waals surface area (Å²) in [6.45, 7) is 2.90. The highest BCUT2D eigenvalue weighted by Gasteiger charge is 2.30. The molecule has 2 aromatic heterocycles. The summed E-state index contributed by atoms with van der Waals surface area (Å²) in [7, 11) is 0. The summed E-state index contributed by atoms with van der Waals surface area (Å²) in [4.78, 5) is 22.5. The molecule has 0 spiro atoms. The van der Waals surface area contributed by atoms with Crippen LogP contribution in [-0.2, 0) is 0 Å². The largest absolute Gasteiger partial charge is 0.336 e. The molecule has 36 heavy (non-hydrogen) atoms. The van der Waals surface area contributed by atoms with Gasteiger partial charge in [-0.05, 0) is 17.2 Å². The van der Waals surface area contributed by atoms with Gasteiger partial charge in [0, 0.05) is 37.9 Å². The lowest BCUT2D eigenvalue weighted by Crippen LogP contribution is -2.49. The molecule has 6 rings (SSSR count). The Kier molecular flexibility index (Phi) is 6.01. The Bertz CT molecular complexity index is 1420. The smallest absolute Gasteiger partial charge is 0.259 e. The fourth-order valence-electron chi connectivity index (χ4n) is 5.11. The molecule has 0 N–H and O–H groups in total. The Morgan fingerprint density at radius 2 is 1.31 bits per heavy atom. The van der Waals surface area contributed by atoms with Gasteiger partial charge in [-0.3, -0.25) is 9.69 Å². The van der Waals surface area contributed by atoms with Crippen LogP contribution in [0.25, 0.3) is 16.9 Å². The average molecular weight is 474 g/mol. The molecule has 0 unspecified atom stereocenters. The lowest BCUT2D eigenvalue weighted by molar-refractivity contribution is 0.0599. The van der Waals surface area contributed by atoms with Gasteiger partial charge in [-0.1, -0.05) is 91.0 Å². The minimum atomic E-state index is -0.0154. The predicted molar refractivity (Wildman–Crippen MR) is 141 cm³/mol. The van der Waals surface area contributed by atoms with Crippen LogP contribution in [0.2, 0.25) is 0 Å². The van der Waals surface area contributed by atoms with E-state index in [0.717, 1.165) is 24.3 Å². The number of carbonyl (C=O) groups is 1. The first kappa shape index (κ1) is 22.2. The third-order valence-electron chi connectivity index (χ3n) is 6.90. The van der Waals surface area contributed by atoms with E-state index in [1.807, 2.05) is 41.3 Å². The van der Waals surface area contributed by atoms with Crippen molar-refractivity contribution in [2.45, 2.75) is 6.04 Å². The number of rotatable bonds is 5. The lowest BCUT2D eigenvalue weighted by atomic mass is 9.96. The van der Waals surface area contributed by atoms with Crippen molar-refractivity contribution in [1.29, 1.82) is 0 Å². The highest BCUT2D eigenvalue weighted by Crippen LogP contribution is 2.30. The first-order chi connectivity index (χ1) is 17.8. The quantitative estimate of drug-likeness (QED) is 0.363. The van der Waals surface area contributed by atoms with Crippen LogP contribution in [-0.4, -0.2) is 56.5 Å². The van der Waals surface area contributed by atoms with Crippen LogP contribution in [0, 0.1) is 0 Å². The number of benzene rings is 3. The Morgan fingerprint density at radius 3 is 1.92 bits per heavy atom. The van der Waals surface area contributed by atoms with Crippen LogP contribution >= 0.6 is 0 Å². The van der Waals surface area contributed by atoms with E-state index >= 15 is 0 Å². The van der Waals surface area contributed by atoms with Crippen molar-refractivity contribution in [3.05, 3.63) is 126 Å². The third kappa shape index (κ3) is 4.16. The number of nitrogens with zero attached hydrogens (tertiary/aromatic N) is 5. The summed E-state index contributed by atoms with van der Waals surface area (Å²) in [6, 6.07) is 33.3. The Balaban J connectivity index is 1.23. The molecule has 5 aromatic rings. The van der Waals surface area contributed by atoms with Crippen molar-refractivity contribution in [2.75, 3.05) is 26.2 Å². The van der Waals surface area contributed by atoms with Gasteiger partial charge in [0.25, 0.3) is 5.91 Å². The normalized spacial score (nSPS) is 14.4. The maximum atomic E-state index is 13.6. The second-order valence-corrected chi connectivity index (χ2v) is 9.04. The first-order valence-corrected chi connectivity index (χ1v) is 12.3. The van der Waals surface area contributed by atoms with Gasteiger partial charge >= 0.3 is 0 Å². The Labute approximate surface area is 210 Å². The van der Waals surface area contributed by atoms with Gasteiger partial charge in [0.2, 0.25) is 0 Å². The van der Waals surface area contributed by atoms with Crippen LogP contribution in [0.15, 0.2) is 109 Å². The van der Waals surface area contributed by atoms with Gasteiger partial charge in [0.15, 0.2) is 5.65 Å². The summed E-state index contributed by atoms with van der Waals surface area (Å²) in [5.41, 5.74) is 5.62. The molecule has 6 heteroatoms. The number of aromatic nitrogens is 3. The molecule has 178 valence electrons. The van der Waals surface area contributed by atoms with Crippen molar-refractivity contribution < 1.29 is 4.79 Å². The summed E-state index contributed by atoms with van der Waals surface area (Å²) in [6.07, 6.45) is 3.40. The average Bonchev–Trinajstić information content (AvgIpc) is 3.39. The van der Waals surface area contributed by atoms with E-state index in [1.165, 1.54) is 11.1 Å². The van der Waals surface area contributed by atoms with E-state index in [0.29, 0.717) is 24.3 Å². The van der Waals surface area contributed by atoms with Gasteiger partial charge in [-0.15, -0.1) is 0 Å². The summed E-state index contributed by atoms with van der Waals surface area (Å²) < 4.78 is 1.76. The second kappa shape index (κ2) is 9.76. The fourth-order valence-corrected chi connectivity index (χ4v) is 5.11. The molecule has 1 amide bonds. The molecule has 1 fully saturated rings. The van der Waals surface area contributed by atoms with Crippen molar-refractivity contribution in [2.24, 2.45) is 0 Å². The van der Waals surface area contributed by atoms with E-state index < -0.39 is 0 Å². The summed E-state index contributed by atoms with van der Waals surface area (Å²) >= 11 is 0. The molecule has 3 heterocycles. The molecule has 3 aromatic carbocycles. The molecule has 1 aliphatic rings. The second-order valence-electron chi connectivity index (χ2n) is 9.04. The zero-order valence-corrected chi connectivity index (χ0v) is 19.9. The van der Waals surface area contributed by atoms with Gasteiger partial charge < -0.3 is 4.90 Å². The molecular weight excluding hydrogens is 446 g/mol. The lowest BCUT2D eigenvalue weighted by Gasteiger charge is -2.39. The van der Waals surface area contributed by atoms with E-state index in [9.17, 15) is 4.79 Å². The molecule has 0 radical (unpaired) electrons. The summed E-state index contributed by atoms with van der Waals surface area (Å²) in [5.74, 6) is -0.0154. The fraction of sp³-hybridized carbons (Fsp3) is 0.167. The minimum absolute atomic E-state index is 0.0154. The topological polar surface area (TPSA) is 53.7 Å². The first-order valence-electron chi connectivity index (χ1n) is 12.3. The number of hydrogen-bond acceptors (Lipinski definition) is 4. The monoisotopic (exact) mass is 473 g/mol. The van der Waals surface area contributed by atoms with Crippen LogP contribution in [0.3, 0.4) is 0 Å². The molecule has 0 saturated carbocycles. The van der Waals surface area contributed by atoms with Crippen molar-refractivity contribution >= 4 is 11.6 Å². The highest BCUT2D eigenvalue weighted by molar-refractivity contribution is 6.00. The van der Waals surface area contributed by atoms with E-state index in [2.05, 4.69) is 75.6 Å². The minimum Gasteiger partial charge on any atom is -0.336 e. The standard InChI is InChI=1S/C30H27N5O/c36-30(26-22-32-35-27(16-17-31-29(26)35)23-10-4-1-5-11-23)34-20-18-33(19-21-34)28(24-12-6-2-7-13-24)25-14-8-3-9-15-25/h1-17,22,28H,18-21H2. The zero-order valence-electron chi connectivity index (χ0n) is 19.9. The van der Waals surface area contributed by atoms with Crippen LogP contribution in [0.5, 0.6) is 0 Å². The van der Waals surface area contributed by atoms with Crippen molar-refractivity contribution in [1.82, 2.24) is 24.4 Å². The van der Waals surface area contributed by atoms with Crippen molar-refractivity contribution in [3.8, 4) is 11.3 Å².